The fraction of sp³-hybridized carbons (Fsp3) is 0.308. The van der Waals surface area contributed by atoms with Crippen molar-refractivity contribution in [2.45, 2.75) is 39.0 Å². The molecule has 38 heavy (non-hydrogen) atoms. The number of imidazole rings is 1. The van der Waals surface area contributed by atoms with Crippen LogP contribution in [0, 0.1) is 0 Å². The summed E-state index contributed by atoms with van der Waals surface area (Å²) in [6, 6.07) is 14.8. The fourth-order valence-electron chi connectivity index (χ4n) is 3.89. The Hall–Kier alpha value is -3.18. The molecule has 2 aromatic carbocycles. The molecule has 4 aromatic rings. The topological polar surface area (TPSA) is 97.4 Å². The van der Waals surface area contributed by atoms with Gasteiger partial charge < -0.3 is 9.47 Å². The molecule has 0 unspecified atom stereocenters. The molecule has 2 heterocycles. The number of esters is 1. The van der Waals surface area contributed by atoms with Gasteiger partial charge in [-0.1, -0.05) is 55.0 Å². The number of ether oxygens (including phenoxy) is 2. The number of carbonyl (C=O) groups is 1. The first kappa shape index (κ1) is 27.8. The lowest BCUT2D eigenvalue weighted by atomic mass is 10.2. The number of hydrogen-bond acceptors (Lipinski definition) is 6. The second-order valence-corrected chi connectivity index (χ2v) is 16.4. The zero-order chi connectivity index (χ0) is 27.6. The third-order valence-corrected chi connectivity index (χ3v) is 8.24. The van der Waals surface area contributed by atoms with Crippen LogP contribution in [0.1, 0.15) is 0 Å². The van der Waals surface area contributed by atoms with Crippen LogP contribution in [0.25, 0.3) is 28.2 Å². The predicted molar refractivity (Wildman–Crippen MR) is 151 cm³/mol. The van der Waals surface area contributed by atoms with E-state index >= 15 is 0 Å². The zero-order valence-corrected chi connectivity index (χ0v) is 24.0. The number of aromatic nitrogens is 4. The van der Waals surface area contributed by atoms with Gasteiger partial charge in [-0.3, -0.25) is 18.7 Å². The fourth-order valence-corrected chi connectivity index (χ4v) is 4.99. The van der Waals surface area contributed by atoms with Crippen LogP contribution >= 0.6 is 23.2 Å². The summed E-state index contributed by atoms with van der Waals surface area (Å²) in [5, 5.41) is 0.918. The summed E-state index contributed by atoms with van der Waals surface area (Å²) in [4.78, 5) is 44.2. The molecule has 0 amide bonds. The number of carbonyl (C=O) groups excluding carboxylic acids is 1. The molecular formula is C26H28Cl2N4O5Si. The van der Waals surface area contributed by atoms with Gasteiger partial charge >= 0.3 is 11.7 Å². The molecule has 0 N–H and O–H groups in total. The highest BCUT2D eigenvalue weighted by Gasteiger charge is 2.25. The number of halogens is 2. The molecule has 0 aliphatic heterocycles. The van der Waals surface area contributed by atoms with Crippen molar-refractivity contribution in [1.82, 2.24) is 18.7 Å². The normalized spacial score (nSPS) is 11.7. The number of rotatable bonds is 9. The molecule has 0 aliphatic carbocycles. The van der Waals surface area contributed by atoms with Crippen LogP contribution in [0.2, 0.25) is 35.7 Å². The van der Waals surface area contributed by atoms with Gasteiger partial charge in [0, 0.05) is 31.0 Å². The number of fused-ring (bicyclic) bond motifs is 1. The van der Waals surface area contributed by atoms with E-state index in [-0.39, 0.29) is 17.9 Å². The Kier molecular flexibility index (Phi) is 8.27. The number of nitrogens with zero attached hydrogens (tertiary/aromatic N) is 4. The van der Waals surface area contributed by atoms with E-state index in [1.165, 1.54) is 11.7 Å². The molecule has 0 spiro atoms. The number of benzene rings is 2. The van der Waals surface area contributed by atoms with Gasteiger partial charge in [0.15, 0.2) is 11.2 Å². The first-order valence-corrected chi connectivity index (χ1v) is 16.4. The average molecular weight is 576 g/mol. The lowest BCUT2D eigenvalue weighted by Crippen LogP contribution is -2.42. The molecule has 200 valence electrons. The standard InChI is InChI=1S/C26H28Cl2N4O5Si/c1-36-21(33)15-30-25(34)22-24(31(26(30)35)16-37-13-14-38(2,3)4)29-23(19-7-5-6-8-20(19)28)32(22)18-11-9-17(27)10-12-18/h5-12H,13-16H2,1-4H3. The second-order valence-electron chi connectivity index (χ2n) is 9.93. The van der Waals surface area contributed by atoms with E-state index in [9.17, 15) is 14.4 Å². The van der Waals surface area contributed by atoms with Crippen molar-refractivity contribution in [3.05, 3.63) is 79.4 Å². The van der Waals surface area contributed by atoms with Gasteiger partial charge in [-0.05, 0) is 42.4 Å². The zero-order valence-electron chi connectivity index (χ0n) is 21.5. The summed E-state index contributed by atoms with van der Waals surface area (Å²) in [5.41, 5.74) is -0.114. The molecule has 12 heteroatoms. The van der Waals surface area contributed by atoms with E-state index in [0.717, 1.165) is 10.6 Å². The largest absolute Gasteiger partial charge is 0.468 e. The minimum absolute atomic E-state index is 0.0829. The minimum atomic E-state index is -1.39. The van der Waals surface area contributed by atoms with Crippen molar-refractivity contribution >= 4 is 48.4 Å². The lowest BCUT2D eigenvalue weighted by molar-refractivity contribution is -0.141. The van der Waals surface area contributed by atoms with E-state index in [1.807, 2.05) is 0 Å². The highest BCUT2D eigenvalue weighted by atomic mass is 35.5. The van der Waals surface area contributed by atoms with Gasteiger partial charge in [-0.15, -0.1) is 0 Å². The third kappa shape index (κ3) is 5.78. The quantitative estimate of drug-likeness (QED) is 0.162. The summed E-state index contributed by atoms with van der Waals surface area (Å²) < 4.78 is 14.3. The summed E-state index contributed by atoms with van der Waals surface area (Å²) in [6.07, 6.45) is 0. The van der Waals surface area contributed by atoms with Gasteiger partial charge in [0.2, 0.25) is 0 Å². The van der Waals surface area contributed by atoms with Gasteiger partial charge in [-0.2, -0.15) is 0 Å². The van der Waals surface area contributed by atoms with Crippen LogP contribution in [0.4, 0.5) is 0 Å². The summed E-state index contributed by atoms with van der Waals surface area (Å²) in [5.74, 6) is -0.394. The van der Waals surface area contributed by atoms with Crippen LogP contribution in [0.5, 0.6) is 0 Å². The van der Waals surface area contributed by atoms with E-state index in [0.29, 0.717) is 33.7 Å². The van der Waals surface area contributed by atoms with E-state index in [1.54, 1.807) is 53.1 Å². The predicted octanol–water partition coefficient (Wildman–Crippen LogP) is 4.81. The molecule has 9 nitrogen and oxygen atoms in total. The van der Waals surface area contributed by atoms with Crippen LogP contribution in [-0.4, -0.2) is 46.4 Å². The molecule has 0 bridgehead atoms. The number of methoxy groups -OCH3 is 1. The molecule has 0 fully saturated rings. The first-order chi connectivity index (χ1) is 18.0. The van der Waals surface area contributed by atoms with Crippen molar-refractivity contribution in [1.29, 1.82) is 0 Å². The summed E-state index contributed by atoms with van der Waals surface area (Å²) in [6.45, 7) is 6.39. The van der Waals surface area contributed by atoms with Crippen molar-refractivity contribution in [2.24, 2.45) is 0 Å². The molecule has 0 aliphatic rings. The summed E-state index contributed by atoms with van der Waals surface area (Å²) in [7, 11) is -0.195. The molecule has 0 saturated heterocycles. The average Bonchev–Trinajstić information content (AvgIpc) is 3.26. The molecule has 0 atom stereocenters. The van der Waals surface area contributed by atoms with E-state index < -0.39 is 31.8 Å². The minimum Gasteiger partial charge on any atom is -0.468 e. The van der Waals surface area contributed by atoms with Gasteiger partial charge in [0.25, 0.3) is 5.56 Å². The smallest absolute Gasteiger partial charge is 0.335 e. The van der Waals surface area contributed by atoms with Crippen LogP contribution in [0.3, 0.4) is 0 Å². The maximum absolute atomic E-state index is 13.8. The van der Waals surface area contributed by atoms with Crippen molar-refractivity contribution in [2.75, 3.05) is 13.7 Å². The van der Waals surface area contributed by atoms with Crippen molar-refractivity contribution in [3.8, 4) is 17.1 Å². The Morgan fingerprint density at radius 1 is 1.00 bits per heavy atom. The Bertz CT molecular complexity index is 1600. The third-order valence-electron chi connectivity index (χ3n) is 5.96. The van der Waals surface area contributed by atoms with Crippen molar-refractivity contribution in [3.63, 3.8) is 0 Å². The van der Waals surface area contributed by atoms with E-state index in [2.05, 4.69) is 19.6 Å². The molecular weight excluding hydrogens is 547 g/mol. The molecule has 0 radical (unpaired) electrons. The highest BCUT2D eigenvalue weighted by Crippen LogP contribution is 2.32. The Morgan fingerprint density at radius 3 is 2.32 bits per heavy atom. The Labute approximate surface area is 230 Å². The summed E-state index contributed by atoms with van der Waals surface area (Å²) >= 11 is 12.7. The van der Waals surface area contributed by atoms with Crippen LogP contribution in [-0.2, 0) is 27.5 Å². The van der Waals surface area contributed by atoms with Crippen LogP contribution in [0.15, 0.2) is 58.1 Å². The van der Waals surface area contributed by atoms with E-state index in [4.69, 9.17) is 37.7 Å². The van der Waals surface area contributed by atoms with Crippen LogP contribution < -0.4 is 11.2 Å². The second kappa shape index (κ2) is 11.3. The highest BCUT2D eigenvalue weighted by molar-refractivity contribution is 6.76. The molecule has 2 aromatic heterocycles. The monoisotopic (exact) mass is 574 g/mol. The van der Waals surface area contributed by atoms with Crippen molar-refractivity contribution < 1.29 is 14.3 Å². The SMILES string of the molecule is COC(=O)Cn1c(=O)c2c(nc(-c3ccccc3Cl)n2-c2ccc(Cl)cc2)n(COCC[Si](C)(C)C)c1=O. The van der Waals surface area contributed by atoms with Gasteiger partial charge in [-0.25, -0.2) is 14.3 Å². The van der Waals surface area contributed by atoms with Gasteiger partial charge in [0.1, 0.15) is 19.1 Å². The Morgan fingerprint density at radius 2 is 1.68 bits per heavy atom. The lowest BCUT2D eigenvalue weighted by Gasteiger charge is -2.16. The Balaban J connectivity index is 2.04. The first-order valence-electron chi connectivity index (χ1n) is 11.9. The van der Waals surface area contributed by atoms with Gasteiger partial charge in [0.05, 0.1) is 12.1 Å². The maximum Gasteiger partial charge on any atom is 0.335 e. The molecule has 4 rings (SSSR count). The number of hydrogen-bond donors (Lipinski definition) is 0. The maximum atomic E-state index is 13.8. The molecule has 0 saturated carbocycles.